The van der Waals surface area contributed by atoms with Crippen LogP contribution in [0, 0.1) is 5.92 Å². The van der Waals surface area contributed by atoms with E-state index in [4.69, 9.17) is 0 Å². The number of unbranched alkanes of at least 4 members (excludes halogenated alkanes) is 28. The van der Waals surface area contributed by atoms with Crippen LogP contribution in [0.3, 0.4) is 0 Å². The van der Waals surface area contributed by atoms with Crippen LogP contribution in [0.1, 0.15) is 219 Å². The third kappa shape index (κ3) is 38.9. The molecule has 0 aliphatic heterocycles. The topological polar surface area (TPSA) is 66.4 Å². The maximum atomic E-state index is 11.0. The van der Waals surface area contributed by atoms with Gasteiger partial charge >= 0.3 is 29.6 Å². The Morgan fingerprint density at radius 3 is 0.857 bits per heavy atom. The minimum absolute atomic E-state index is 0. The van der Waals surface area contributed by atoms with E-state index in [2.05, 4.69) is 18.0 Å². The van der Waals surface area contributed by atoms with Gasteiger partial charge in [0.25, 0.3) is 0 Å². The molecule has 0 aliphatic carbocycles. The maximum absolute atomic E-state index is 11.0. The van der Waals surface area contributed by atoms with E-state index < -0.39 is 10.4 Å². The molecule has 1 atom stereocenters. The molecule has 0 N–H and O–H groups in total. The van der Waals surface area contributed by atoms with E-state index in [1.54, 1.807) is 0 Å². The molecule has 0 radical (unpaired) electrons. The zero-order valence-electron chi connectivity index (χ0n) is 29.0. The van der Waals surface area contributed by atoms with Crippen LogP contribution in [0.4, 0.5) is 0 Å². The van der Waals surface area contributed by atoms with E-state index in [0.29, 0.717) is 0 Å². The Hall–Kier alpha value is 0.870. The summed E-state index contributed by atoms with van der Waals surface area (Å²) in [5.74, 6) is 0.197. The summed E-state index contributed by atoms with van der Waals surface area (Å²) in [5.41, 5.74) is 0. The summed E-state index contributed by atoms with van der Waals surface area (Å²) >= 11 is 0. The van der Waals surface area contributed by atoms with Crippen molar-refractivity contribution in [3.8, 4) is 0 Å². The molecule has 0 aromatic heterocycles. The third-order valence-electron chi connectivity index (χ3n) is 8.88. The van der Waals surface area contributed by atoms with Crippen molar-refractivity contribution in [2.75, 3.05) is 6.61 Å². The van der Waals surface area contributed by atoms with Crippen molar-refractivity contribution in [2.24, 2.45) is 5.92 Å². The first-order valence-corrected chi connectivity index (χ1v) is 19.9. The second-order valence-corrected chi connectivity index (χ2v) is 14.1. The first-order chi connectivity index (χ1) is 20.0. The second kappa shape index (κ2) is 36.3. The summed E-state index contributed by atoms with van der Waals surface area (Å²) in [6, 6.07) is 0. The minimum Gasteiger partial charge on any atom is -0.726 e. The summed E-state index contributed by atoms with van der Waals surface area (Å²) in [4.78, 5) is 0. The predicted molar refractivity (Wildman–Crippen MR) is 178 cm³/mol. The van der Waals surface area contributed by atoms with Crippen LogP contribution in [0.25, 0.3) is 0 Å². The van der Waals surface area contributed by atoms with Gasteiger partial charge in [-0.2, -0.15) is 0 Å². The van der Waals surface area contributed by atoms with Gasteiger partial charge in [-0.05, 0) is 18.8 Å². The number of hydrogen-bond donors (Lipinski definition) is 0. The molecule has 0 saturated heterocycles. The summed E-state index contributed by atoms with van der Waals surface area (Å²) in [7, 11) is -4.59. The average Bonchev–Trinajstić information content (AvgIpc) is 2.94. The fraction of sp³-hybridized carbons (Fsp3) is 1.00. The first-order valence-electron chi connectivity index (χ1n) is 18.6. The van der Waals surface area contributed by atoms with Gasteiger partial charge in [0.15, 0.2) is 0 Å². The SMILES string of the molecule is CCCCCCCCCCCCCCCCCCCCCC(CCCCCCCCCCCCC)COS(=O)(=O)[O-].[Na+]. The van der Waals surface area contributed by atoms with Crippen LogP contribution in [0.2, 0.25) is 0 Å². The van der Waals surface area contributed by atoms with Gasteiger partial charge in [0.05, 0.1) is 6.61 Å². The van der Waals surface area contributed by atoms with E-state index in [0.717, 1.165) is 25.7 Å². The summed E-state index contributed by atoms with van der Waals surface area (Å²) < 4.78 is 37.6. The van der Waals surface area contributed by atoms with Crippen molar-refractivity contribution in [1.82, 2.24) is 0 Å². The Balaban J connectivity index is 0. The molecule has 0 aliphatic rings. The zero-order valence-corrected chi connectivity index (χ0v) is 31.8. The van der Waals surface area contributed by atoms with Crippen molar-refractivity contribution in [3.05, 3.63) is 0 Å². The molecular weight excluding hydrogens is 551 g/mol. The van der Waals surface area contributed by atoms with Crippen LogP contribution >= 0.6 is 0 Å². The summed E-state index contributed by atoms with van der Waals surface area (Å²) in [5, 5.41) is 0. The Morgan fingerprint density at radius 1 is 0.429 bits per heavy atom. The number of rotatable bonds is 35. The first kappa shape index (κ1) is 45.0. The molecule has 0 amide bonds. The largest absolute Gasteiger partial charge is 1.00 e. The zero-order chi connectivity index (χ0) is 30.1. The average molecular weight is 625 g/mol. The Labute approximate surface area is 287 Å². The van der Waals surface area contributed by atoms with Crippen molar-refractivity contribution in [3.63, 3.8) is 0 Å². The molecule has 4 nitrogen and oxygen atoms in total. The van der Waals surface area contributed by atoms with E-state index in [1.165, 1.54) is 180 Å². The van der Waals surface area contributed by atoms with Gasteiger partial charge in [-0.3, -0.25) is 4.18 Å². The molecule has 0 spiro atoms. The van der Waals surface area contributed by atoms with E-state index >= 15 is 0 Å². The van der Waals surface area contributed by atoms with Gasteiger partial charge in [0.1, 0.15) is 0 Å². The van der Waals surface area contributed by atoms with Crippen molar-refractivity contribution >= 4 is 10.4 Å². The molecule has 0 fully saturated rings. The molecule has 0 aromatic carbocycles. The molecule has 0 saturated carbocycles. The number of hydrogen-bond acceptors (Lipinski definition) is 4. The van der Waals surface area contributed by atoms with Crippen LogP contribution in [0.5, 0.6) is 0 Å². The predicted octanol–water partition coefficient (Wildman–Crippen LogP) is 9.61. The molecule has 6 heteroatoms. The van der Waals surface area contributed by atoms with Crippen molar-refractivity contribution in [2.45, 2.75) is 219 Å². The Morgan fingerprint density at radius 2 is 0.643 bits per heavy atom. The third-order valence-corrected chi connectivity index (χ3v) is 9.30. The minimum atomic E-state index is -4.59. The quantitative estimate of drug-likeness (QED) is 0.0305. The van der Waals surface area contributed by atoms with Gasteiger partial charge in [-0.15, -0.1) is 0 Å². The molecule has 0 rings (SSSR count). The van der Waals surface area contributed by atoms with Gasteiger partial charge < -0.3 is 4.55 Å². The van der Waals surface area contributed by atoms with Crippen LogP contribution in [0.15, 0.2) is 0 Å². The second-order valence-electron chi connectivity index (χ2n) is 13.0. The van der Waals surface area contributed by atoms with E-state index in [9.17, 15) is 13.0 Å². The molecule has 1 unspecified atom stereocenters. The molecule has 248 valence electrons. The van der Waals surface area contributed by atoms with E-state index in [-0.39, 0.29) is 42.1 Å². The van der Waals surface area contributed by atoms with Gasteiger partial charge in [-0.25, -0.2) is 8.42 Å². The summed E-state index contributed by atoms with van der Waals surface area (Å²) in [6.07, 6.45) is 42.5. The normalized spacial score (nSPS) is 12.5. The standard InChI is InChI=1S/C36H74O4S.Na/c1-3-5-7-9-11-13-15-16-17-18-19-20-21-22-24-26-28-30-32-34-36(35-40-41(37,38)39)33-31-29-27-25-23-14-12-10-8-6-4-2;/h36H,3-35H2,1-2H3,(H,37,38,39);/q;+1/p-1. The fourth-order valence-corrected chi connectivity index (χ4v) is 6.46. The van der Waals surface area contributed by atoms with Gasteiger partial charge in [-0.1, -0.05) is 206 Å². The van der Waals surface area contributed by atoms with E-state index in [1.807, 2.05) is 0 Å². The Kier molecular flexibility index (Phi) is 38.9. The maximum Gasteiger partial charge on any atom is 1.00 e. The van der Waals surface area contributed by atoms with Gasteiger partial charge in [0, 0.05) is 0 Å². The Bertz CT molecular complexity index is 599. The van der Waals surface area contributed by atoms with Crippen molar-refractivity contribution in [1.29, 1.82) is 0 Å². The summed E-state index contributed by atoms with van der Waals surface area (Å²) in [6.45, 7) is 4.62. The van der Waals surface area contributed by atoms with Crippen molar-refractivity contribution < 1.29 is 46.7 Å². The van der Waals surface area contributed by atoms with Crippen LogP contribution in [-0.2, 0) is 14.6 Å². The van der Waals surface area contributed by atoms with Gasteiger partial charge in [0.2, 0.25) is 10.4 Å². The molecule has 0 aromatic rings. The fourth-order valence-electron chi connectivity index (χ4n) is 6.10. The molecule has 42 heavy (non-hydrogen) atoms. The van der Waals surface area contributed by atoms with Crippen LogP contribution < -0.4 is 29.6 Å². The molecule has 0 heterocycles. The molecular formula is C36H73NaO4S. The monoisotopic (exact) mass is 625 g/mol. The smallest absolute Gasteiger partial charge is 0.726 e. The molecule has 0 bridgehead atoms. The van der Waals surface area contributed by atoms with Crippen LogP contribution in [-0.4, -0.2) is 19.6 Å².